The highest BCUT2D eigenvalue weighted by Crippen LogP contribution is 2.32. The van der Waals surface area contributed by atoms with Crippen LogP contribution in [0, 0.1) is 0 Å². The number of ether oxygens (including phenoxy) is 1. The van der Waals surface area contributed by atoms with Crippen LogP contribution in [-0.4, -0.2) is 32.0 Å². The third-order valence-corrected chi connectivity index (χ3v) is 6.05. The number of H-pyrrole nitrogens is 2. The highest BCUT2D eigenvalue weighted by molar-refractivity contribution is 5.87. The lowest BCUT2D eigenvalue weighted by molar-refractivity contribution is 0.120. The predicted molar refractivity (Wildman–Crippen MR) is 138 cm³/mol. The van der Waals surface area contributed by atoms with Crippen LogP contribution in [0.3, 0.4) is 0 Å². The molecule has 0 fully saturated rings. The number of aromatic amines is 2. The molecule has 4 aromatic heterocycles. The van der Waals surface area contributed by atoms with E-state index in [-0.39, 0.29) is 6.10 Å². The molecule has 166 valence electrons. The van der Waals surface area contributed by atoms with E-state index in [1.807, 2.05) is 73.8 Å². The quantitative estimate of drug-likeness (QED) is 0.329. The van der Waals surface area contributed by atoms with Crippen molar-refractivity contribution in [2.45, 2.75) is 13.0 Å². The van der Waals surface area contributed by atoms with Gasteiger partial charge in [0.05, 0.1) is 40.1 Å². The minimum Gasteiger partial charge on any atom is -0.377 e. The molecule has 2 aliphatic rings. The van der Waals surface area contributed by atoms with E-state index in [2.05, 4.69) is 28.2 Å². The topological polar surface area (TPSA) is 79.5 Å². The summed E-state index contributed by atoms with van der Waals surface area (Å²) in [6.07, 6.45) is 9.82. The summed E-state index contributed by atoms with van der Waals surface area (Å²) in [4.78, 5) is 21.2. The first-order valence-corrected chi connectivity index (χ1v) is 11.2. The van der Waals surface area contributed by atoms with E-state index in [4.69, 9.17) is 19.7 Å². The Morgan fingerprint density at radius 1 is 0.735 bits per heavy atom. The van der Waals surface area contributed by atoms with Gasteiger partial charge in [0.25, 0.3) is 0 Å². The third-order valence-electron chi connectivity index (χ3n) is 6.05. The number of aromatic nitrogens is 5. The summed E-state index contributed by atoms with van der Waals surface area (Å²) >= 11 is 0. The Labute approximate surface area is 196 Å². The van der Waals surface area contributed by atoms with E-state index >= 15 is 0 Å². The minimum atomic E-state index is -0.0842. The van der Waals surface area contributed by atoms with E-state index in [0.29, 0.717) is 0 Å². The fraction of sp³-hybridized carbons (Fsp3) is 0.107. The fourth-order valence-corrected chi connectivity index (χ4v) is 4.31. The summed E-state index contributed by atoms with van der Waals surface area (Å²) in [5.41, 5.74) is 10.4. The highest BCUT2D eigenvalue weighted by atomic mass is 16.5. The smallest absolute Gasteiger partial charge is 0.0814 e. The molecular weight excluding hydrogens is 422 g/mol. The molecule has 8 bridgehead atoms. The minimum absolute atomic E-state index is 0.0842. The Morgan fingerprint density at radius 3 is 2.00 bits per heavy atom. The zero-order valence-corrected chi connectivity index (χ0v) is 18.9. The summed E-state index contributed by atoms with van der Waals surface area (Å²) in [6.45, 7) is 2.03. The molecule has 0 radical (unpaired) electrons. The molecular formula is C28H23N5O. The maximum Gasteiger partial charge on any atom is 0.0814 e. The number of methoxy groups -OCH3 is 1. The largest absolute Gasteiger partial charge is 0.377 e. The second-order valence-electron chi connectivity index (χ2n) is 8.41. The van der Waals surface area contributed by atoms with Crippen molar-refractivity contribution in [3.63, 3.8) is 0 Å². The van der Waals surface area contributed by atoms with Crippen molar-refractivity contribution in [1.29, 1.82) is 0 Å². The monoisotopic (exact) mass is 445 g/mol. The number of hydrogen-bond acceptors (Lipinski definition) is 4. The summed E-state index contributed by atoms with van der Waals surface area (Å²) in [5, 5.41) is 0. The summed E-state index contributed by atoms with van der Waals surface area (Å²) in [5.74, 6) is 0. The Hall–Kier alpha value is -4.29. The van der Waals surface area contributed by atoms with Gasteiger partial charge in [-0.1, -0.05) is 6.07 Å². The van der Waals surface area contributed by atoms with Crippen LogP contribution in [0.4, 0.5) is 0 Å². The molecule has 0 aliphatic carbocycles. The van der Waals surface area contributed by atoms with Gasteiger partial charge in [-0.3, -0.25) is 4.98 Å². The van der Waals surface area contributed by atoms with Crippen LogP contribution in [-0.2, 0) is 4.74 Å². The first kappa shape index (κ1) is 20.3. The maximum atomic E-state index is 5.62. The maximum absolute atomic E-state index is 5.62. The summed E-state index contributed by atoms with van der Waals surface area (Å²) < 4.78 is 5.62. The SMILES string of the molecule is COC(C)c1cccnc1-c1cc2cc3nc(cc4ccc(cc5nc(cc1[nH]2)C=C5)[nH]4)C=C3. The van der Waals surface area contributed by atoms with Gasteiger partial charge in [-0.2, -0.15) is 0 Å². The van der Waals surface area contributed by atoms with Gasteiger partial charge in [0.2, 0.25) is 0 Å². The van der Waals surface area contributed by atoms with Gasteiger partial charge in [-0.25, -0.2) is 9.97 Å². The van der Waals surface area contributed by atoms with Crippen LogP contribution in [0.15, 0.2) is 60.8 Å². The van der Waals surface area contributed by atoms with Crippen LogP contribution in [0.5, 0.6) is 0 Å². The first-order valence-electron chi connectivity index (χ1n) is 11.2. The van der Waals surface area contributed by atoms with E-state index in [9.17, 15) is 0 Å². The van der Waals surface area contributed by atoms with Gasteiger partial charge in [-0.05, 0) is 79.8 Å². The van der Waals surface area contributed by atoms with Crippen molar-refractivity contribution in [1.82, 2.24) is 24.9 Å². The molecule has 1 unspecified atom stereocenters. The molecule has 2 N–H and O–H groups in total. The van der Waals surface area contributed by atoms with Crippen molar-refractivity contribution >= 4 is 46.4 Å². The highest BCUT2D eigenvalue weighted by Gasteiger charge is 2.15. The molecule has 0 amide bonds. The number of hydrogen-bond donors (Lipinski definition) is 2. The van der Waals surface area contributed by atoms with Gasteiger partial charge in [-0.15, -0.1) is 0 Å². The summed E-state index contributed by atoms with van der Waals surface area (Å²) in [6, 6.07) is 18.4. The van der Waals surface area contributed by atoms with Crippen LogP contribution < -0.4 is 0 Å². The molecule has 1 atom stereocenters. The number of fused-ring (bicyclic) bond motifs is 8. The van der Waals surface area contributed by atoms with Crippen LogP contribution in [0.25, 0.3) is 57.6 Å². The van der Waals surface area contributed by atoms with Gasteiger partial charge < -0.3 is 14.7 Å². The Bertz CT molecular complexity index is 1620. The zero-order chi connectivity index (χ0) is 23.1. The van der Waals surface area contributed by atoms with Gasteiger partial charge >= 0.3 is 0 Å². The molecule has 4 aromatic rings. The Kier molecular flexibility index (Phi) is 4.93. The molecule has 6 heterocycles. The van der Waals surface area contributed by atoms with Crippen LogP contribution in [0.1, 0.15) is 41.4 Å². The lowest BCUT2D eigenvalue weighted by atomic mass is 10.0. The third kappa shape index (κ3) is 3.84. The standard InChI is InChI=1S/C28H23N5O/c1-17(34-2)25-4-3-11-29-28(25)26-15-24-14-22-8-7-20(31-22)12-18-5-6-19(30-18)13-21-9-10-23(32-21)16-27(26)33-24/h3-17,30,33H,1-2H3. The van der Waals surface area contributed by atoms with Crippen molar-refractivity contribution in [2.24, 2.45) is 0 Å². The van der Waals surface area contributed by atoms with Gasteiger partial charge in [0.1, 0.15) is 0 Å². The summed E-state index contributed by atoms with van der Waals surface area (Å²) in [7, 11) is 1.71. The number of rotatable bonds is 3. The van der Waals surface area contributed by atoms with Gasteiger partial charge in [0, 0.05) is 41.0 Å². The second-order valence-corrected chi connectivity index (χ2v) is 8.41. The molecule has 6 nitrogen and oxygen atoms in total. The van der Waals surface area contributed by atoms with E-state index in [0.717, 1.165) is 61.7 Å². The van der Waals surface area contributed by atoms with Crippen LogP contribution >= 0.6 is 0 Å². The molecule has 2 aliphatic heterocycles. The molecule has 6 rings (SSSR count). The fourth-order valence-electron chi connectivity index (χ4n) is 4.31. The second kappa shape index (κ2) is 8.24. The Balaban J connectivity index is 1.66. The predicted octanol–water partition coefficient (Wildman–Crippen LogP) is 6.43. The number of pyridine rings is 1. The average molecular weight is 446 g/mol. The van der Waals surface area contributed by atoms with E-state index in [1.165, 1.54) is 0 Å². The van der Waals surface area contributed by atoms with Gasteiger partial charge in [0.15, 0.2) is 0 Å². The molecule has 0 saturated heterocycles. The molecule has 34 heavy (non-hydrogen) atoms. The number of nitrogens with zero attached hydrogens (tertiary/aromatic N) is 3. The van der Waals surface area contributed by atoms with Crippen LogP contribution in [0.2, 0.25) is 0 Å². The molecule has 0 spiro atoms. The number of nitrogens with one attached hydrogen (secondary N) is 2. The molecule has 0 saturated carbocycles. The molecule has 0 aromatic carbocycles. The van der Waals surface area contributed by atoms with Crippen molar-refractivity contribution in [3.8, 4) is 11.3 Å². The molecule has 6 heteroatoms. The van der Waals surface area contributed by atoms with E-state index in [1.54, 1.807) is 7.11 Å². The van der Waals surface area contributed by atoms with Crippen molar-refractivity contribution in [2.75, 3.05) is 7.11 Å². The normalized spacial score (nSPS) is 13.4. The first-order chi connectivity index (χ1) is 16.6. The van der Waals surface area contributed by atoms with E-state index < -0.39 is 0 Å². The zero-order valence-electron chi connectivity index (χ0n) is 18.9. The van der Waals surface area contributed by atoms with Crippen molar-refractivity contribution < 1.29 is 4.74 Å². The van der Waals surface area contributed by atoms with Crippen molar-refractivity contribution in [3.05, 3.63) is 89.1 Å². The average Bonchev–Trinajstić information content (AvgIpc) is 3.64. The lowest BCUT2D eigenvalue weighted by Crippen LogP contribution is -2.00. The lowest BCUT2D eigenvalue weighted by Gasteiger charge is -2.13. The Morgan fingerprint density at radius 2 is 1.35 bits per heavy atom.